The van der Waals surface area contributed by atoms with Crippen LogP contribution >= 0.6 is 0 Å². The maximum Gasteiger partial charge on any atom is 0.245 e. The van der Waals surface area contributed by atoms with Gasteiger partial charge in [-0.25, -0.2) is 12.8 Å². The normalized spacial score (nSPS) is 18.1. The Kier molecular flexibility index (Phi) is 5.23. The molecule has 0 unspecified atom stereocenters. The molecule has 0 aliphatic carbocycles. The first-order chi connectivity index (χ1) is 14.2. The second-order valence-corrected chi connectivity index (χ2v) is 10.4. The van der Waals surface area contributed by atoms with E-state index in [1.807, 2.05) is 12.1 Å². The smallest absolute Gasteiger partial charge is 0.245 e. The predicted octanol–water partition coefficient (Wildman–Crippen LogP) is 4.70. The van der Waals surface area contributed by atoms with Crippen LogP contribution in [0.1, 0.15) is 51.1 Å². The van der Waals surface area contributed by atoms with Crippen molar-refractivity contribution < 1.29 is 17.3 Å². The molecular weight excluding hydrogens is 405 g/mol. The first-order valence-corrected chi connectivity index (χ1v) is 11.3. The van der Waals surface area contributed by atoms with Crippen LogP contribution in [0.5, 0.6) is 0 Å². The summed E-state index contributed by atoms with van der Waals surface area (Å²) in [6.07, 6.45) is 1.31. The number of benzene rings is 2. The van der Waals surface area contributed by atoms with E-state index in [1.165, 1.54) is 16.4 Å². The van der Waals surface area contributed by atoms with Gasteiger partial charge in [-0.2, -0.15) is 9.29 Å². The molecule has 1 aliphatic heterocycles. The topological polar surface area (TPSA) is 76.3 Å². The SMILES string of the molecule is CC(C)(C)c1ccc(S(=O)(=O)N2CCC[C@H]2c2nc(-c3ccc(F)cc3)no2)cc1. The van der Waals surface area contributed by atoms with Crippen molar-refractivity contribution in [3.8, 4) is 11.4 Å². The van der Waals surface area contributed by atoms with Gasteiger partial charge in [0.25, 0.3) is 0 Å². The van der Waals surface area contributed by atoms with Gasteiger partial charge in [0.2, 0.25) is 21.7 Å². The summed E-state index contributed by atoms with van der Waals surface area (Å²) in [5.74, 6) is 0.207. The molecule has 0 radical (unpaired) electrons. The van der Waals surface area contributed by atoms with E-state index in [0.29, 0.717) is 30.8 Å². The number of aromatic nitrogens is 2. The fourth-order valence-electron chi connectivity index (χ4n) is 3.62. The highest BCUT2D eigenvalue weighted by molar-refractivity contribution is 7.89. The Bertz CT molecular complexity index is 1130. The van der Waals surface area contributed by atoms with E-state index in [-0.39, 0.29) is 22.0 Å². The van der Waals surface area contributed by atoms with Crippen LogP contribution < -0.4 is 0 Å². The third-order valence-corrected chi connectivity index (χ3v) is 7.28. The zero-order valence-electron chi connectivity index (χ0n) is 17.2. The highest BCUT2D eigenvalue weighted by atomic mass is 32.2. The van der Waals surface area contributed by atoms with Crippen molar-refractivity contribution in [3.05, 3.63) is 65.8 Å². The van der Waals surface area contributed by atoms with Crippen molar-refractivity contribution in [2.75, 3.05) is 6.54 Å². The van der Waals surface area contributed by atoms with Crippen molar-refractivity contribution in [1.29, 1.82) is 0 Å². The summed E-state index contributed by atoms with van der Waals surface area (Å²) in [5.41, 5.74) is 1.62. The molecule has 0 bridgehead atoms. The number of halogens is 1. The van der Waals surface area contributed by atoms with E-state index in [9.17, 15) is 12.8 Å². The number of nitrogens with zero attached hydrogens (tertiary/aromatic N) is 3. The number of hydrogen-bond donors (Lipinski definition) is 0. The van der Waals surface area contributed by atoms with Gasteiger partial charge in [0.05, 0.1) is 4.90 Å². The molecule has 8 heteroatoms. The molecule has 2 aromatic carbocycles. The van der Waals surface area contributed by atoms with Gasteiger partial charge in [-0.15, -0.1) is 0 Å². The fraction of sp³-hybridized carbons (Fsp3) is 0.364. The number of hydrogen-bond acceptors (Lipinski definition) is 5. The van der Waals surface area contributed by atoms with Gasteiger partial charge >= 0.3 is 0 Å². The van der Waals surface area contributed by atoms with Crippen molar-refractivity contribution in [2.45, 2.75) is 50.0 Å². The minimum Gasteiger partial charge on any atom is -0.337 e. The van der Waals surface area contributed by atoms with Crippen LogP contribution in [0, 0.1) is 5.82 Å². The first kappa shape index (κ1) is 20.7. The lowest BCUT2D eigenvalue weighted by Crippen LogP contribution is -2.31. The Morgan fingerprint density at radius 1 is 1.07 bits per heavy atom. The lowest BCUT2D eigenvalue weighted by Gasteiger charge is -2.23. The molecule has 2 heterocycles. The molecule has 1 saturated heterocycles. The molecule has 3 aromatic rings. The molecule has 0 spiro atoms. The highest BCUT2D eigenvalue weighted by Gasteiger charge is 2.39. The second-order valence-electron chi connectivity index (χ2n) is 8.51. The minimum absolute atomic E-state index is 0.0566. The maximum absolute atomic E-state index is 13.3. The molecule has 0 amide bonds. The highest BCUT2D eigenvalue weighted by Crippen LogP contribution is 2.37. The van der Waals surface area contributed by atoms with E-state index in [2.05, 4.69) is 30.9 Å². The van der Waals surface area contributed by atoms with Gasteiger partial charge in [0, 0.05) is 12.1 Å². The van der Waals surface area contributed by atoms with Gasteiger partial charge in [-0.1, -0.05) is 38.1 Å². The molecule has 6 nitrogen and oxygen atoms in total. The average molecular weight is 430 g/mol. The summed E-state index contributed by atoms with van der Waals surface area (Å²) < 4.78 is 46.6. The van der Waals surface area contributed by atoms with Crippen LogP contribution in [0.15, 0.2) is 57.9 Å². The zero-order valence-corrected chi connectivity index (χ0v) is 18.0. The Balaban J connectivity index is 1.61. The van der Waals surface area contributed by atoms with Crippen LogP contribution in [0.2, 0.25) is 0 Å². The van der Waals surface area contributed by atoms with Crippen LogP contribution in [-0.2, 0) is 15.4 Å². The lowest BCUT2D eigenvalue weighted by atomic mass is 9.87. The quantitative estimate of drug-likeness (QED) is 0.601. The standard InChI is InChI=1S/C22H24FN3O3S/c1-22(2,3)16-8-12-18(13-9-16)30(27,28)26-14-4-5-19(26)21-24-20(25-29-21)15-6-10-17(23)11-7-15/h6-13,19H,4-5,14H2,1-3H3/t19-/m0/s1. The largest absolute Gasteiger partial charge is 0.337 e. The van der Waals surface area contributed by atoms with Crippen molar-refractivity contribution in [2.24, 2.45) is 0 Å². The molecule has 1 atom stereocenters. The van der Waals surface area contributed by atoms with Crippen molar-refractivity contribution in [1.82, 2.24) is 14.4 Å². The Morgan fingerprint density at radius 3 is 2.37 bits per heavy atom. The van der Waals surface area contributed by atoms with E-state index in [4.69, 9.17) is 4.52 Å². The Morgan fingerprint density at radius 2 is 1.73 bits per heavy atom. The van der Waals surface area contributed by atoms with E-state index < -0.39 is 16.1 Å². The first-order valence-electron chi connectivity index (χ1n) is 9.88. The lowest BCUT2D eigenvalue weighted by molar-refractivity contribution is 0.290. The molecule has 1 aromatic heterocycles. The monoisotopic (exact) mass is 429 g/mol. The van der Waals surface area contributed by atoms with Crippen LogP contribution in [0.3, 0.4) is 0 Å². The number of rotatable bonds is 4. The second kappa shape index (κ2) is 7.59. The molecule has 1 fully saturated rings. The third-order valence-electron chi connectivity index (χ3n) is 5.36. The van der Waals surface area contributed by atoms with Crippen molar-refractivity contribution >= 4 is 10.0 Å². The Labute approximate surface area is 175 Å². The van der Waals surface area contributed by atoms with Gasteiger partial charge in [-0.05, 0) is 60.2 Å². The van der Waals surface area contributed by atoms with Crippen LogP contribution in [0.25, 0.3) is 11.4 Å². The summed E-state index contributed by atoms with van der Waals surface area (Å²) in [6.45, 7) is 6.64. The summed E-state index contributed by atoms with van der Waals surface area (Å²) >= 11 is 0. The number of sulfonamides is 1. The summed E-state index contributed by atoms with van der Waals surface area (Å²) in [6, 6.07) is 12.3. The minimum atomic E-state index is -3.70. The molecular formula is C22H24FN3O3S. The average Bonchev–Trinajstić information content (AvgIpc) is 3.38. The van der Waals surface area contributed by atoms with Gasteiger partial charge in [0.1, 0.15) is 11.9 Å². The van der Waals surface area contributed by atoms with E-state index >= 15 is 0 Å². The molecule has 158 valence electrons. The molecule has 30 heavy (non-hydrogen) atoms. The maximum atomic E-state index is 13.3. The molecule has 0 N–H and O–H groups in total. The molecule has 1 aliphatic rings. The van der Waals surface area contributed by atoms with E-state index in [0.717, 1.165) is 5.56 Å². The summed E-state index contributed by atoms with van der Waals surface area (Å²) in [5, 5.41) is 3.96. The summed E-state index contributed by atoms with van der Waals surface area (Å²) in [7, 11) is -3.70. The van der Waals surface area contributed by atoms with Gasteiger partial charge < -0.3 is 4.52 Å². The fourth-order valence-corrected chi connectivity index (χ4v) is 5.27. The Hall–Kier alpha value is -2.58. The van der Waals surface area contributed by atoms with Gasteiger partial charge in [0.15, 0.2) is 0 Å². The zero-order chi connectivity index (χ0) is 21.5. The molecule has 4 rings (SSSR count). The predicted molar refractivity (Wildman–Crippen MR) is 111 cm³/mol. The third kappa shape index (κ3) is 3.89. The van der Waals surface area contributed by atoms with E-state index in [1.54, 1.807) is 24.3 Å². The van der Waals surface area contributed by atoms with Gasteiger partial charge in [-0.3, -0.25) is 0 Å². The van der Waals surface area contributed by atoms with Crippen LogP contribution in [0.4, 0.5) is 4.39 Å². The van der Waals surface area contributed by atoms with Crippen LogP contribution in [-0.4, -0.2) is 29.4 Å². The molecule has 0 saturated carbocycles. The van der Waals surface area contributed by atoms with Crippen molar-refractivity contribution in [3.63, 3.8) is 0 Å². The summed E-state index contributed by atoms with van der Waals surface area (Å²) in [4.78, 5) is 4.64.